The number of aliphatic hydroxyl groups excluding tert-OH is 1. The van der Waals surface area contributed by atoms with Crippen LogP contribution in [0.2, 0.25) is 0 Å². The van der Waals surface area contributed by atoms with E-state index in [9.17, 15) is 4.79 Å². The molecule has 0 radical (unpaired) electrons. The number of nitrogens with one attached hydrogen (secondary N) is 1. The molecule has 1 rings (SSSR count). The second-order valence-corrected chi connectivity index (χ2v) is 2.61. The molecule has 2 atom stereocenters. The Kier molecular flexibility index (Phi) is 2.11. The molecule has 0 bridgehead atoms. The summed E-state index contributed by atoms with van der Waals surface area (Å²) < 4.78 is 0. The molecule has 10 heavy (non-hydrogen) atoms. The summed E-state index contributed by atoms with van der Waals surface area (Å²) >= 11 is 0. The summed E-state index contributed by atoms with van der Waals surface area (Å²) in [5, 5.41) is 19.6. The maximum Gasteiger partial charge on any atom is 0.404 e. The van der Waals surface area contributed by atoms with E-state index in [-0.39, 0.29) is 12.1 Å². The summed E-state index contributed by atoms with van der Waals surface area (Å²) in [6, 6.07) is -0.0347. The second-order valence-electron chi connectivity index (χ2n) is 2.61. The molecule has 4 heteroatoms. The van der Waals surface area contributed by atoms with Gasteiger partial charge in [-0.15, -0.1) is 0 Å². The second kappa shape index (κ2) is 2.88. The average Bonchev–Trinajstić information content (AvgIpc) is 2.13. The van der Waals surface area contributed by atoms with Crippen molar-refractivity contribution < 1.29 is 15.0 Å². The molecule has 0 aromatic rings. The minimum atomic E-state index is -1.00. The minimum absolute atomic E-state index is 0.0347. The van der Waals surface area contributed by atoms with Gasteiger partial charge in [0.15, 0.2) is 0 Å². The van der Waals surface area contributed by atoms with Crippen LogP contribution in [0.25, 0.3) is 0 Å². The highest BCUT2D eigenvalue weighted by atomic mass is 16.4. The van der Waals surface area contributed by atoms with Crippen LogP contribution in [0.3, 0.4) is 0 Å². The smallest absolute Gasteiger partial charge is 0.404 e. The minimum Gasteiger partial charge on any atom is -0.465 e. The van der Waals surface area contributed by atoms with Gasteiger partial charge in [0.25, 0.3) is 0 Å². The zero-order valence-corrected chi connectivity index (χ0v) is 5.58. The summed E-state index contributed by atoms with van der Waals surface area (Å²) in [6.07, 6.45) is 0.723. The van der Waals surface area contributed by atoms with Gasteiger partial charge in [0.2, 0.25) is 0 Å². The number of carbonyl (C=O) groups is 1. The van der Waals surface area contributed by atoms with Gasteiger partial charge in [-0.25, -0.2) is 4.79 Å². The summed E-state index contributed by atoms with van der Waals surface area (Å²) in [5.74, 6) is 0. The molecule has 0 saturated heterocycles. The topological polar surface area (TPSA) is 69.6 Å². The van der Waals surface area contributed by atoms with Crippen molar-refractivity contribution >= 4 is 6.09 Å². The largest absolute Gasteiger partial charge is 0.465 e. The van der Waals surface area contributed by atoms with Crippen LogP contribution in [0.15, 0.2) is 0 Å². The van der Waals surface area contributed by atoms with Crippen molar-refractivity contribution in [3.8, 4) is 0 Å². The van der Waals surface area contributed by atoms with Gasteiger partial charge < -0.3 is 15.5 Å². The number of rotatable bonds is 1. The highest BCUT2D eigenvalue weighted by Crippen LogP contribution is 2.18. The third kappa shape index (κ3) is 1.88. The number of aliphatic hydroxyl groups is 1. The number of amides is 1. The van der Waals surface area contributed by atoms with Crippen LogP contribution in [0, 0.1) is 0 Å². The first-order chi connectivity index (χ1) is 4.68. The van der Waals surface area contributed by atoms with Gasteiger partial charge in [-0.3, -0.25) is 0 Å². The van der Waals surface area contributed by atoms with Crippen LogP contribution >= 0.6 is 0 Å². The van der Waals surface area contributed by atoms with E-state index in [1.807, 2.05) is 0 Å². The van der Waals surface area contributed by atoms with Crippen LogP contribution in [0.1, 0.15) is 19.3 Å². The molecule has 1 aliphatic rings. The Hall–Kier alpha value is -0.770. The molecule has 0 heterocycles. The van der Waals surface area contributed by atoms with E-state index in [1.165, 1.54) is 0 Å². The molecule has 0 aliphatic heterocycles. The Morgan fingerprint density at radius 2 is 2.20 bits per heavy atom. The normalized spacial score (nSPS) is 32.1. The summed E-state index contributed by atoms with van der Waals surface area (Å²) in [5.41, 5.74) is 0. The predicted molar refractivity (Wildman–Crippen MR) is 34.8 cm³/mol. The molecular formula is C6H11NO3. The highest BCUT2D eigenvalue weighted by Gasteiger charge is 2.23. The third-order valence-electron chi connectivity index (χ3n) is 1.73. The zero-order valence-electron chi connectivity index (χ0n) is 5.58. The first-order valence-electron chi connectivity index (χ1n) is 3.36. The fourth-order valence-corrected chi connectivity index (χ4v) is 1.26. The van der Waals surface area contributed by atoms with Crippen LogP contribution in [0.4, 0.5) is 4.79 Å². The number of carboxylic acid groups (broad SMARTS) is 1. The Morgan fingerprint density at radius 1 is 1.50 bits per heavy atom. The van der Waals surface area contributed by atoms with Gasteiger partial charge in [-0.05, 0) is 19.3 Å². The van der Waals surface area contributed by atoms with E-state index in [0.717, 1.165) is 6.42 Å². The summed E-state index contributed by atoms with van der Waals surface area (Å²) in [4.78, 5) is 10.1. The van der Waals surface area contributed by atoms with Crippen molar-refractivity contribution in [3.05, 3.63) is 0 Å². The van der Waals surface area contributed by atoms with E-state index in [0.29, 0.717) is 12.8 Å². The van der Waals surface area contributed by atoms with Crippen molar-refractivity contribution in [2.24, 2.45) is 0 Å². The molecular weight excluding hydrogens is 134 g/mol. The fraction of sp³-hybridized carbons (Fsp3) is 0.833. The van der Waals surface area contributed by atoms with Gasteiger partial charge in [-0.2, -0.15) is 0 Å². The molecule has 0 aromatic carbocycles. The van der Waals surface area contributed by atoms with E-state index < -0.39 is 6.09 Å². The lowest BCUT2D eigenvalue weighted by Crippen LogP contribution is -2.31. The lowest BCUT2D eigenvalue weighted by molar-refractivity contribution is 0.174. The molecule has 0 spiro atoms. The van der Waals surface area contributed by atoms with Crippen molar-refractivity contribution in [2.75, 3.05) is 0 Å². The van der Waals surface area contributed by atoms with Crippen molar-refractivity contribution in [1.82, 2.24) is 5.32 Å². The number of hydrogen-bond donors (Lipinski definition) is 3. The Bertz CT molecular complexity index is 137. The van der Waals surface area contributed by atoms with Crippen molar-refractivity contribution in [1.29, 1.82) is 0 Å². The fourth-order valence-electron chi connectivity index (χ4n) is 1.26. The highest BCUT2D eigenvalue weighted by molar-refractivity contribution is 5.64. The lowest BCUT2D eigenvalue weighted by Gasteiger charge is -2.07. The first-order valence-corrected chi connectivity index (χ1v) is 3.36. The molecule has 1 fully saturated rings. The van der Waals surface area contributed by atoms with E-state index in [4.69, 9.17) is 10.2 Å². The van der Waals surface area contributed by atoms with Gasteiger partial charge in [-0.1, -0.05) is 0 Å². The molecule has 1 amide bonds. The summed E-state index contributed by atoms with van der Waals surface area (Å²) in [6.45, 7) is 0. The molecule has 2 unspecified atom stereocenters. The monoisotopic (exact) mass is 145 g/mol. The Balaban J connectivity index is 2.24. The summed E-state index contributed by atoms with van der Waals surface area (Å²) in [7, 11) is 0. The van der Waals surface area contributed by atoms with E-state index >= 15 is 0 Å². The molecule has 4 nitrogen and oxygen atoms in total. The van der Waals surface area contributed by atoms with Crippen LogP contribution in [-0.4, -0.2) is 28.5 Å². The SMILES string of the molecule is O=C(O)NC1CCC(O)C1. The molecule has 1 aliphatic carbocycles. The van der Waals surface area contributed by atoms with Crippen molar-refractivity contribution in [2.45, 2.75) is 31.4 Å². The van der Waals surface area contributed by atoms with Crippen LogP contribution < -0.4 is 5.32 Å². The van der Waals surface area contributed by atoms with Gasteiger partial charge in [0, 0.05) is 6.04 Å². The Labute approximate surface area is 58.9 Å². The maximum atomic E-state index is 10.1. The standard InChI is InChI=1S/C6H11NO3/c8-5-2-1-4(3-5)7-6(9)10/h4-5,7-8H,1-3H2,(H,9,10). The lowest BCUT2D eigenvalue weighted by atomic mass is 10.2. The average molecular weight is 145 g/mol. The zero-order chi connectivity index (χ0) is 7.56. The van der Waals surface area contributed by atoms with Crippen molar-refractivity contribution in [3.63, 3.8) is 0 Å². The molecule has 0 aromatic heterocycles. The van der Waals surface area contributed by atoms with Crippen LogP contribution in [-0.2, 0) is 0 Å². The number of hydrogen-bond acceptors (Lipinski definition) is 2. The van der Waals surface area contributed by atoms with Gasteiger partial charge >= 0.3 is 6.09 Å². The predicted octanol–water partition coefficient (Wildman–Crippen LogP) is 0.167. The van der Waals surface area contributed by atoms with Gasteiger partial charge in [0.1, 0.15) is 0 Å². The van der Waals surface area contributed by atoms with Gasteiger partial charge in [0.05, 0.1) is 6.10 Å². The van der Waals surface area contributed by atoms with Crippen LogP contribution in [0.5, 0.6) is 0 Å². The third-order valence-corrected chi connectivity index (χ3v) is 1.73. The quantitative estimate of drug-likeness (QED) is 0.492. The first kappa shape index (κ1) is 7.34. The molecule has 3 N–H and O–H groups in total. The molecule has 58 valence electrons. The van der Waals surface area contributed by atoms with E-state index in [1.54, 1.807) is 0 Å². The maximum absolute atomic E-state index is 10.1. The van der Waals surface area contributed by atoms with E-state index in [2.05, 4.69) is 5.32 Å². The molecule has 1 saturated carbocycles. The Morgan fingerprint density at radius 3 is 2.60 bits per heavy atom.